The molecule has 3 rings (SSSR count). The van der Waals surface area contributed by atoms with Gasteiger partial charge in [-0.3, -0.25) is 4.90 Å². The first-order valence-electron chi connectivity index (χ1n) is 12.3. The Balaban J connectivity index is 1.97. The van der Waals surface area contributed by atoms with Gasteiger partial charge < -0.3 is 14.6 Å². The lowest BCUT2D eigenvalue weighted by Gasteiger charge is -2.27. The van der Waals surface area contributed by atoms with Crippen LogP contribution in [-0.4, -0.2) is 51.7 Å². The Labute approximate surface area is 204 Å². The zero-order valence-corrected chi connectivity index (χ0v) is 21.1. The summed E-state index contributed by atoms with van der Waals surface area (Å²) in [6.45, 7) is 12.8. The molecular formula is C28H39N3O3. The van der Waals surface area contributed by atoms with Gasteiger partial charge in [0.15, 0.2) is 0 Å². The second kappa shape index (κ2) is 12.7. The molecule has 0 aliphatic rings. The Bertz CT molecular complexity index is 987. The monoisotopic (exact) mass is 465 g/mol. The van der Waals surface area contributed by atoms with Gasteiger partial charge in [-0.25, -0.2) is 4.68 Å². The van der Waals surface area contributed by atoms with Crippen molar-refractivity contribution in [2.75, 3.05) is 19.7 Å². The summed E-state index contributed by atoms with van der Waals surface area (Å²) in [5, 5.41) is 15.6. The summed E-state index contributed by atoms with van der Waals surface area (Å²) < 4.78 is 14.0. The molecule has 0 bridgehead atoms. The minimum atomic E-state index is -0.561. The van der Waals surface area contributed by atoms with E-state index in [1.54, 1.807) is 0 Å². The van der Waals surface area contributed by atoms with Crippen LogP contribution in [0.15, 0.2) is 60.7 Å². The highest BCUT2D eigenvalue weighted by atomic mass is 16.5. The van der Waals surface area contributed by atoms with Crippen LogP contribution in [0.25, 0.3) is 5.69 Å². The lowest BCUT2D eigenvalue weighted by Crippen LogP contribution is -2.37. The van der Waals surface area contributed by atoms with Crippen LogP contribution in [0.2, 0.25) is 0 Å². The maximum absolute atomic E-state index is 10.7. The Morgan fingerprint density at radius 3 is 2.18 bits per heavy atom. The predicted molar refractivity (Wildman–Crippen MR) is 137 cm³/mol. The fourth-order valence-electron chi connectivity index (χ4n) is 3.97. The molecule has 0 amide bonds. The average Bonchev–Trinajstić information content (AvgIpc) is 3.15. The minimum Gasteiger partial charge on any atom is -0.439 e. The number of ether oxygens (including phenoxy) is 2. The van der Waals surface area contributed by atoms with E-state index < -0.39 is 6.10 Å². The van der Waals surface area contributed by atoms with Crippen LogP contribution >= 0.6 is 0 Å². The molecule has 0 saturated heterocycles. The van der Waals surface area contributed by atoms with Gasteiger partial charge in [0.2, 0.25) is 5.88 Å². The van der Waals surface area contributed by atoms with E-state index in [1.807, 2.05) is 79.2 Å². The standard InChI is InChI=1S/C28H39N3O3/c1-6-27-26(19-30(17-21(2)3)18-24(32)20-33-22(4)5)28(34-25-15-11-8-12-16-25)31(29-27)23-13-9-7-10-14-23/h7-16,21-22,24,32H,6,17-20H2,1-5H3/t24-/m0/s1. The second-order valence-corrected chi connectivity index (χ2v) is 9.37. The van der Waals surface area contributed by atoms with Crippen molar-refractivity contribution in [2.45, 2.75) is 59.8 Å². The largest absolute Gasteiger partial charge is 0.439 e. The highest BCUT2D eigenvalue weighted by molar-refractivity contribution is 5.43. The molecule has 0 fully saturated rings. The zero-order chi connectivity index (χ0) is 24.5. The first kappa shape index (κ1) is 25.9. The number of benzene rings is 2. The lowest BCUT2D eigenvalue weighted by atomic mass is 10.1. The van der Waals surface area contributed by atoms with Crippen molar-refractivity contribution < 1.29 is 14.6 Å². The van der Waals surface area contributed by atoms with Crippen LogP contribution in [0.3, 0.4) is 0 Å². The fraction of sp³-hybridized carbons (Fsp3) is 0.464. The molecule has 0 spiro atoms. The van der Waals surface area contributed by atoms with Gasteiger partial charge in [-0.05, 0) is 50.5 Å². The maximum Gasteiger partial charge on any atom is 0.227 e. The van der Waals surface area contributed by atoms with E-state index in [9.17, 15) is 5.11 Å². The van der Waals surface area contributed by atoms with Gasteiger partial charge in [0.25, 0.3) is 0 Å². The van der Waals surface area contributed by atoms with Crippen molar-refractivity contribution in [2.24, 2.45) is 5.92 Å². The van der Waals surface area contributed by atoms with Crippen molar-refractivity contribution in [3.8, 4) is 17.3 Å². The first-order chi connectivity index (χ1) is 16.4. The maximum atomic E-state index is 10.7. The molecule has 2 aromatic carbocycles. The Morgan fingerprint density at radius 1 is 0.941 bits per heavy atom. The van der Waals surface area contributed by atoms with Gasteiger partial charge in [0.05, 0.1) is 35.8 Å². The number of aryl methyl sites for hydroxylation is 1. The van der Waals surface area contributed by atoms with Crippen LogP contribution in [0.1, 0.15) is 45.9 Å². The molecule has 0 radical (unpaired) electrons. The number of rotatable bonds is 13. The molecule has 1 N–H and O–H groups in total. The third-order valence-electron chi connectivity index (χ3n) is 5.41. The fourth-order valence-corrected chi connectivity index (χ4v) is 3.97. The first-order valence-corrected chi connectivity index (χ1v) is 12.3. The van der Waals surface area contributed by atoms with Crippen LogP contribution < -0.4 is 4.74 Å². The van der Waals surface area contributed by atoms with Crippen LogP contribution in [-0.2, 0) is 17.7 Å². The molecule has 0 saturated carbocycles. The molecule has 0 aliphatic heterocycles. The van der Waals surface area contributed by atoms with Crippen molar-refractivity contribution in [1.29, 1.82) is 0 Å². The SMILES string of the molecule is CCc1nn(-c2ccccc2)c(Oc2ccccc2)c1CN(CC(C)C)C[C@H](O)COC(C)C. The third-order valence-corrected chi connectivity index (χ3v) is 5.41. The number of hydrogen-bond donors (Lipinski definition) is 1. The molecule has 0 aliphatic carbocycles. The molecule has 6 heteroatoms. The third kappa shape index (κ3) is 7.42. The molecule has 6 nitrogen and oxygen atoms in total. The van der Waals surface area contributed by atoms with E-state index in [4.69, 9.17) is 14.6 Å². The summed E-state index contributed by atoms with van der Waals surface area (Å²) in [5.41, 5.74) is 3.00. The van der Waals surface area contributed by atoms with Crippen molar-refractivity contribution in [3.05, 3.63) is 71.9 Å². The highest BCUT2D eigenvalue weighted by Crippen LogP contribution is 2.32. The number of aliphatic hydroxyl groups is 1. The van der Waals surface area contributed by atoms with E-state index in [1.165, 1.54) is 0 Å². The smallest absolute Gasteiger partial charge is 0.227 e. The van der Waals surface area contributed by atoms with Crippen LogP contribution in [0.5, 0.6) is 11.6 Å². The van der Waals surface area contributed by atoms with E-state index in [-0.39, 0.29) is 6.10 Å². The number of para-hydroxylation sites is 2. The van der Waals surface area contributed by atoms with Crippen LogP contribution in [0.4, 0.5) is 0 Å². The minimum absolute atomic E-state index is 0.0925. The number of hydrogen-bond acceptors (Lipinski definition) is 5. The summed E-state index contributed by atoms with van der Waals surface area (Å²) in [6, 6.07) is 19.9. The van der Waals surface area contributed by atoms with E-state index in [0.29, 0.717) is 25.6 Å². The molecule has 0 unspecified atom stereocenters. The predicted octanol–water partition coefficient (Wildman–Crippen LogP) is 5.47. The second-order valence-electron chi connectivity index (χ2n) is 9.37. The molecule has 1 atom stereocenters. The van der Waals surface area contributed by atoms with E-state index in [2.05, 4.69) is 25.7 Å². The molecular weight excluding hydrogens is 426 g/mol. The van der Waals surface area contributed by atoms with Crippen LogP contribution in [0, 0.1) is 5.92 Å². The molecule has 3 aromatic rings. The lowest BCUT2D eigenvalue weighted by molar-refractivity contribution is -0.0109. The number of nitrogens with zero attached hydrogens (tertiary/aromatic N) is 3. The average molecular weight is 466 g/mol. The summed E-state index contributed by atoms with van der Waals surface area (Å²) >= 11 is 0. The summed E-state index contributed by atoms with van der Waals surface area (Å²) in [7, 11) is 0. The molecule has 34 heavy (non-hydrogen) atoms. The van der Waals surface area contributed by atoms with Crippen molar-refractivity contribution in [1.82, 2.24) is 14.7 Å². The quantitative estimate of drug-likeness (QED) is 0.363. The Kier molecular flexibility index (Phi) is 9.69. The van der Waals surface area contributed by atoms with Gasteiger partial charge in [0.1, 0.15) is 5.75 Å². The van der Waals surface area contributed by atoms with Gasteiger partial charge >= 0.3 is 0 Å². The summed E-state index contributed by atoms with van der Waals surface area (Å²) in [6.07, 6.45) is 0.318. The normalized spacial score (nSPS) is 12.6. The number of aromatic nitrogens is 2. The molecule has 1 heterocycles. The van der Waals surface area contributed by atoms with E-state index in [0.717, 1.165) is 41.5 Å². The highest BCUT2D eigenvalue weighted by Gasteiger charge is 2.24. The van der Waals surface area contributed by atoms with Gasteiger partial charge in [-0.1, -0.05) is 57.2 Å². The van der Waals surface area contributed by atoms with E-state index >= 15 is 0 Å². The molecule has 184 valence electrons. The summed E-state index contributed by atoms with van der Waals surface area (Å²) in [5.74, 6) is 1.94. The number of aliphatic hydroxyl groups excluding tert-OH is 1. The Morgan fingerprint density at radius 2 is 1.59 bits per heavy atom. The van der Waals surface area contributed by atoms with Gasteiger partial charge in [-0.15, -0.1) is 0 Å². The Hall–Kier alpha value is -2.67. The van der Waals surface area contributed by atoms with Gasteiger partial charge in [-0.2, -0.15) is 5.10 Å². The van der Waals surface area contributed by atoms with Crippen molar-refractivity contribution >= 4 is 0 Å². The van der Waals surface area contributed by atoms with Crippen molar-refractivity contribution in [3.63, 3.8) is 0 Å². The van der Waals surface area contributed by atoms with Gasteiger partial charge in [0, 0.05) is 19.6 Å². The topological polar surface area (TPSA) is 59.8 Å². The molecule has 1 aromatic heterocycles. The zero-order valence-electron chi connectivity index (χ0n) is 21.1. The summed E-state index contributed by atoms with van der Waals surface area (Å²) in [4.78, 5) is 2.28.